The summed E-state index contributed by atoms with van der Waals surface area (Å²) in [6.45, 7) is 0.352. The summed E-state index contributed by atoms with van der Waals surface area (Å²) in [4.78, 5) is 12.1. The van der Waals surface area contributed by atoms with Gasteiger partial charge in [0, 0.05) is 6.20 Å². The number of hydrogen-bond acceptors (Lipinski definition) is 3. The molecule has 0 amide bonds. The Hall–Kier alpha value is -2.28. The number of nitrogen functional groups attached to an aromatic ring is 1. The molecule has 1 fully saturated rings. The molecule has 0 aliphatic heterocycles. The minimum atomic E-state index is -4.55. The van der Waals surface area contributed by atoms with Gasteiger partial charge in [-0.1, -0.05) is 30.3 Å². The van der Waals surface area contributed by atoms with Crippen LogP contribution in [0.2, 0.25) is 0 Å². The van der Waals surface area contributed by atoms with Gasteiger partial charge in [0.15, 0.2) is 0 Å². The number of nitrogens with zero attached hydrogens (tertiary/aromatic N) is 1. The standard InChI is InChI=1S/C17H17F3N2O2/c18-17(19,20)12-8-13(21)16(23)22(9-12)14-6-7-15(14)24-10-11-4-2-1-3-5-11/h1-5,8-9,14-15H,6-7,10,21H2/t14-,15+/m1/s1. The van der Waals surface area contributed by atoms with Crippen LogP contribution in [-0.4, -0.2) is 10.7 Å². The Kier molecular flexibility index (Phi) is 4.36. The van der Waals surface area contributed by atoms with E-state index in [1.165, 1.54) is 0 Å². The van der Waals surface area contributed by atoms with Gasteiger partial charge in [-0.3, -0.25) is 4.79 Å². The first-order valence-corrected chi connectivity index (χ1v) is 7.60. The van der Waals surface area contributed by atoms with Crippen molar-refractivity contribution in [3.8, 4) is 0 Å². The van der Waals surface area contributed by atoms with Crippen LogP contribution in [0.1, 0.15) is 30.0 Å². The fraction of sp³-hybridized carbons (Fsp3) is 0.353. The molecule has 1 aromatic heterocycles. The molecule has 2 atom stereocenters. The fourth-order valence-electron chi connectivity index (χ4n) is 2.77. The maximum atomic E-state index is 12.9. The molecule has 128 valence electrons. The predicted octanol–water partition coefficient (Wildman–Crippen LogP) is 3.37. The maximum Gasteiger partial charge on any atom is 0.417 e. The van der Waals surface area contributed by atoms with Gasteiger partial charge >= 0.3 is 6.18 Å². The van der Waals surface area contributed by atoms with E-state index in [9.17, 15) is 18.0 Å². The van der Waals surface area contributed by atoms with Gasteiger partial charge in [-0.15, -0.1) is 0 Å². The average molecular weight is 338 g/mol. The van der Waals surface area contributed by atoms with E-state index >= 15 is 0 Å². The Morgan fingerprint density at radius 3 is 2.50 bits per heavy atom. The number of pyridine rings is 1. The van der Waals surface area contributed by atoms with Crippen LogP contribution >= 0.6 is 0 Å². The van der Waals surface area contributed by atoms with Crippen LogP contribution in [0.4, 0.5) is 18.9 Å². The minimum Gasteiger partial charge on any atom is -0.394 e. The van der Waals surface area contributed by atoms with Gasteiger partial charge in [0.1, 0.15) is 0 Å². The molecule has 2 N–H and O–H groups in total. The van der Waals surface area contributed by atoms with Crippen molar-refractivity contribution in [3.63, 3.8) is 0 Å². The third kappa shape index (κ3) is 3.31. The second kappa shape index (κ2) is 6.32. The molecule has 1 aliphatic carbocycles. The zero-order valence-electron chi connectivity index (χ0n) is 12.8. The maximum absolute atomic E-state index is 12.9. The molecule has 0 radical (unpaired) electrons. The zero-order valence-corrected chi connectivity index (χ0v) is 12.8. The van der Waals surface area contributed by atoms with Gasteiger partial charge in [0.05, 0.1) is 30.0 Å². The fourth-order valence-corrected chi connectivity index (χ4v) is 2.77. The summed E-state index contributed by atoms with van der Waals surface area (Å²) in [5, 5.41) is 0. The van der Waals surface area contributed by atoms with Crippen LogP contribution < -0.4 is 11.3 Å². The number of nitrogens with two attached hydrogens (primary N) is 1. The van der Waals surface area contributed by atoms with Gasteiger partial charge < -0.3 is 15.0 Å². The van der Waals surface area contributed by atoms with Crippen LogP contribution in [0.5, 0.6) is 0 Å². The predicted molar refractivity (Wildman–Crippen MR) is 83.4 cm³/mol. The van der Waals surface area contributed by atoms with Crippen LogP contribution in [-0.2, 0) is 17.5 Å². The molecule has 2 aromatic rings. The van der Waals surface area contributed by atoms with Crippen LogP contribution in [0, 0.1) is 0 Å². The molecule has 1 heterocycles. The molecule has 7 heteroatoms. The topological polar surface area (TPSA) is 57.2 Å². The van der Waals surface area contributed by atoms with Gasteiger partial charge in [-0.05, 0) is 24.5 Å². The van der Waals surface area contributed by atoms with Crippen molar-refractivity contribution in [2.45, 2.75) is 37.8 Å². The van der Waals surface area contributed by atoms with E-state index in [1.807, 2.05) is 30.3 Å². The summed E-state index contributed by atoms with van der Waals surface area (Å²) in [5.41, 5.74) is 4.51. The SMILES string of the molecule is Nc1cc(C(F)(F)F)cn([C@@H]2CC[C@@H]2OCc2ccccc2)c1=O. The molecule has 4 nitrogen and oxygen atoms in total. The largest absolute Gasteiger partial charge is 0.417 e. The van der Waals surface area contributed by atoms with Crippen molar-refractivity contribution in [1.82, 2.24) is 4.57 Å². The molecule has 0 spiro atoms. The highest BCUT2D eigenvalue weighted by atomic mass is 19.4. The lowest BCUT2D eigenvalue weighted by molar-refractivity contribution is -0.138. The second-order valence-corrected chi connectivity index (χ2v) is 5.87. The first-order chi connectivity index (χ1) is 11.4. The summed E-state index contributed by atoms with van der Waals surface area (Å²) in [6, 6.07) is 9.72. The Bertz CT molecular complexity index is 772. The van der Waals surface area contributed by atoms with E-state index < -0.39 is 29.0 Å². The van der Waals surface area contributed by atoms with Crippen LogP contribution in [0.3, 0.4) is 0 Å². The van der Waals surface area contributed by atoms with Crippen molar-refractivity contribution in [2.24, 2.45) is 0 Å². The molecular weight excluding hydrogens is 321 g/mol. The lowest BCUT2D eigenvalue weighted by atomic mass is 9.88. The number of benzene rings is 1. The van der Waals surface area contributed by atoms with Crippen molar-refractivity contribution in [3.05, 3.63) is 64.1 Å². The van der Waals surface area contributed by atoms with Crippen LogP contribution in [0.25, 0.3) is 0 Å². The van der Waals surface area contributed by atoms with Gasteiger partial charge in [-0.2, -0.15) is 13.2 Å². The average Bonchev–Trinajstić information content (AvgIpc) is 2.50. The highest BCUT2D eigenvalue weighted by Gasteiger charge is 2.37. The Morgan fingerprint density at radius 1 is 1.21 bits per heavy atom. The monoisotopic (exact) mass is 338 g/mol. The molecule has 1 aliphatic rings. The smallest absolute Gasteiger partial charge is 0.394 e. The highest BCUT2D eigenvalue weighted by Crippen LogP contribution is 2.36. The van der Waals surface area contributed by atoms with E-state index in [2.05, 4.69) is 0 Å². The summed E-state index contributed by atoms with van der Waals surface area (Å²) in [7, 11) is 0. The summed E-state index contributed by atoms with van der Waals surface area (Å²) < 4.78 is 45.6. The number of rotatable bonds is 4. The van der Waals surface area contributed by atoms with E-state index in [0.717, 1.165) is 16.3 Å². The molecule has 0 unspecified atom stereocenters. The summed E-state index contributed by atoms with van der Waals surface area (Å²) >= 11 is 0. The zero-order chi connectivity index (χ0) is 17.3. The molecular formula is C17H17F3N2O2. The first-order valence-electron chi connectivity index (χ1n) is 7.60. The van der Waals surface area contributed by atoms with Gasteiger partial charge in [0.2, 0.25) is 0 Å². The third-order valence-electron chi connectivity index (χ3n) is 4.24. The van der Waals surface area contributed by atoms with E-state index in [0.29, 0.717) is 25.5 Å². The Labute approximate surface area is 136 Å². The summed E-state index contributed by atoms with van der Waals surface area (Å²) in [6.07, 6.45) is -2.74. The molecule has 0 bridgehead atoms. The molecule has 3 rings (SSSR count). The Balaban J connectivity index is 1.79. The number of aromatic nitrogens is 1. The van der Waals surface area contributed by atoms with E-state index in [4.69, 9.17) is 10.5 Å². The number of hydrogen-bond donors (Lipinski definition) is 1. The summed E-state index contributed by atoms with van der Waals surface area (Å²) in [5.74, 6) is 0. The number of ether oxygens (including phenoxy) is 1. The first kappa shape index (κ1) is 16.6. The quantitative estimate of drug-likeness (QED) is 0.930. The van der Waals surface area contributed by atoms with Gasteiger partial charge in [0.25, 0.3) is 5.56 Å². The molecule has 24 heavy (non-hydrogen) atoms. The lowest BCUT2D eigenvalue weighted by Crippen LogP contribution is -2.41. The number of halogens is 3. The normalized spacial score (nSPS) is 20.6. The number of anilines is 1. The van der Waals surface area contributed by atoms with Crippen molar-refractivity contribution < 1.29 is 17.9 Å². The Morgan fingerprint density at radius 2 is 1.92 bits per heavy atom. The van der Waals surface area contributed by atoms with Crippen molar-refractivity contribution in [1.29, 1.82) is 0 Å². The van der Waals surface area contributed by atoms with Gasteiger partial charge in [-0.25, -0.2) is 0 Å². The number of alkyl halides is 3. The lowest BCUT2D eigenvalue weighted by Gasteiger charge is -2.38. The second-order valence-electron chi connectivity index (χ2n) is 5.87. The van der Waals surface area contributed by atoms with Crippen molar-refractivity contribution in [2.75, 3.05) is 5.73 Å². The molecule has 1 saturated carbocycles. The van der Waals surface area contributed by atoms with Crippen molar-refractivity contribution >= 4 is 5.69 Å². The van der Waals surface area contributed by atoms with Crippen LogP contribution in [0.15, 0.2) is 47.4 Å². The molecule has 0 saturated heterocycles. The van der Waals surface area contributed by atoms with E-state index in [-0.39, 0.29) is 6.10 Å². The molecule has 1 aromatic carbocycles. The highest BCUT2D eigenvalue weighted by molar-refractivity contribution is 5.39. The minimum absolute atomic E-state index is 0.300. The van der Waals surface area contributed by atoms with E-state index in [1.54, 1.807) is 0 Å². The third-order valence-corrected chi connectivity index (χ3v) is 4.24.